The predicted molar refractivity (Wildman–Crippen MR) is 120 cm³/mol. The van der Waals surface area contributed by atoms with E-state index in [9.17, 15) is 9.59 Å². The van der Waals surface area contributed by atoms with Crippen LogP contribution in [0.2, 0.25) is 0 Å². The van der Waals surface area contributed by atoms with Crippen molar-refractivity contribution >= 4 is 39.1 Å². The number of carbonyl (C=O) groups is 2. The number of rotatable bonds is 5. The first-order valence-electron chi connectivity index (χ1n) is 10.7. The number of benzene rings is 2. The van der Waals surface area contributed by atoms with Gasteiger partial charge in [-0.15, -0.1) is 11.3 Å². The maximum absolute atomic E-state index is 12.7. The van der Waals surface area contributed by atoms with E-state index in [-0.39, 0.29) is 17.7 Å². The van der Waals surface area contributed by atoms with Gasteiger partial charge in [-0.25, -0.2) is 4.98 Å². The van der Waals surface area contributed by atoms with Gasteiger partial charge in [-0.2, -0.15) is 0 Å². The standard InChI is InChI=1S/C24H25N3O2S/c28-23-14-17(15-27(23)19-5-1-2-6-19)24(29)25-18-11-9-16(10-12-18)13-22-26-20-7-3-4-8-21(20)30-22/h3-4,7-12,17,19H,1-2,5-6,13-15H2,(H,25,29)/t17-/m1/s1. The summed E-state index contributed by atoms with van der Waals surface area (Å²) in [5, 5.41) is 4.08. The highest BCUT2D eigenvalue weighted by Crippen LogP contribution is 2.30. The number of nitrogens with one attached hydrogen (secondary N) is 1. The Morgan fingerprint density at radius 3 is 2.63 bits per heavy atom. The first kappa shape index (κ1) is 19.2. The van der Waals surface area contributed by atoms with Gasteiger partial charge in [0.05, 0.1) is 21.1 Å². The van der Waals surface area contributed by atoms with Gasteiger partial charge < -0.3 is 10.2 Å². The largest absolute Gasteiger partial charge is 0.339 e. The van der Waals surface area contributed by atoms with E-state index < -0.39 is 0 Å². The summed E-state index contributed by atoms with van der Waals surface area (Å²) in [6.45, 7) is 0.561. The molecule has 1 N–H and O–H groups in total. The van der Waals surface area contributed by atoms with Crippen LogP contribution in [0.4, 0.5) is 5.69 Å². The molecule has 1 aliphatic carbocycles. The lowest BCUT2D eigenvalue weighted by Crippen LogP contribution is -2.35. The molecule has 5 nitrogen and oxygen atoms in total. The molecule has 0 spiro atoms. The molecule has 2 amide bonds. The fourth-order valence-electron chi connectivity index (χ4n) is 4.60. The summed E-state index contributed by atoms with van der Waals surface area (Å²) in [7, 11) is 0. The van der Waals surface area contributed by atoms with Crippen LogP contribution >= 0.6 is 11.3 Å². The average molecular weight is 420 g/mol. The number of hydrogen-bond acceptors (Lipinski definition) is 4. The lowest BCUT2D eigenvalue weighted by Gasteiger charge is -2.23. The number of fused-ring (bicyclic) bond motifs is 1. The van der Waals surface area contributed by atoms with Crippen LogP contribution < -0.4 is 5.32 Å². The van der Waals surface area contributed by atoms with E-state index in [1.807, 2.05) is 47.4 Å². The molecule has 1 aliphatic heterocycles. The van der Waals surface area contributed by atoms with Crippen molar-refractivity contribution in [2.24, 2.45) is 5.92 Å². The Morgan fingerprint density at radius 2 is 1.87 bits per heavy atom. The minimum atomic E-state index is -0.250. The van der Waals surface area contributed by atoms with Crippen molar-refractivity contribution in [2.75, 3.05) is 11.9 Å². The molecule has 2 fully saturated rings. The molecule has 3 aromatic rings. The summed E-state index contributed by atoms with van der Waals surface area (Å²) >= 11 is 1.72. The van der Waals surface area contributed by atoms with E-state index in [4.69, 9.17) is 4.98 Å². The highest BCUT2D eigenvalue weighted by molar-refractivity contribution is 7.18. The third-order valence-corrected chi connectivity index (χ3v) is 7.25. The Kier molecular flexibility index (Phi) is 5.25. The summed E-state index contributed by atoms with van der Waals surface area (Å²) in [6.07, 6.45) is 5.65. The summed E-state index contributed by atoms with van der Waals surface area (Å²) in [6, 6.07) is 16.5. The van der Waals surface area contributed by atoms with Crippen LogP contribution in [0.3, 0.4) is 0 Å². The Morgan fingerprint density at radius 1 is 1.10 bits per heavy atom. The maximum atomic E-state index is 12.7. The van der Waals surface area contributed by atoms with Crippen molar-refractivity contribution in [1.29, 1.82) is 0 Å². The molecule has 5 rings (SSSR count). The zero-order valence-electron chi connectivity index (χ0n) is 16.8. The van der Waals surface area contributed by atoms with Crippen LogP contribution in [0.1, 0.15) is 42.7 Å². The number of hydrogen-bond donors (Lipinski definition) is 1. The molecule has 154 valence electrons. The molecule has 1 saturated carbocycles. The van der Waals surface area contributed by atoms with E-state index in [0.29, 0.717) is 19.0 Å². The van der Waals surface area contributed by atoms with Crippen LogP contribution in [-0.4, -0.2) is 34.3 Å². The first-order valence-corrected chi connectivity index (χ1v) is 11.5. The summed E-state index contributed by atoms with van der Waals surface area (Å²) < 4.78 is 1.20. The highest BCUT2D eigenvalue weighted by Gasteiger charge is 2.38. The second-order valence-electron chi connectivity index (χ2n) is 8.32. The predicted octanol–water partition coefficient (Wildman–Crippen LogP) is 4.62. The zero-order chi connectivity index (χ0) is 20.5. The molecule has 1 saturated heterocycles. The van der Waals surface area contributed by atoms with Gasteiger partial charge in [0.2, 0.25) is 11.8 Å². The van der Waals surface area contributed by atoms with Gasteiger partial charge in [-0.1, -0.05) is 37.1 Å². The van der Waals surface area contributed by atoms with Crippen LogP contribution in [0.5, 0.6) is 0 Å². The highest BCUT2D eigenvalue weighted by atomic mass is 32.1. The number of carbonyl (C=O) groups excluding carboxylic acids is 2. The monoisotopic (exact) mass is 419 g/mol. The first-order chi connectivity index (χ1) is 14.7. The topological polar surface area (TPSA) is 62.3 Å². The van der Waals surface area contributed by atoms with Crippen LogP contribution in [-0.2, 0) is 16.0 Å². The molecular formula is C24H25N3O2S. The summed E-state index contributed by atoms with van der Waals surface area (Å²) in [4.78, 5) is 31.7. The third kappa shape index (κ3) is 3.97. The molecule has 6 heteroatoms. The van der Waals surface area contributed by atoms with Crippen molar-refractivity contribution in [3.8, 4) is 0 Å². The number of anilines is 1. The van der Waals surface area contributed by atoms with E-state index >= 15 is 0 Å². The second-order valence-corrected chi connectivity index (χ2v) is 9.44. The van der Waals surface area contributed by atoms with Gasteiger partial charge in [-0.3, -0.25) is 9.59 Å². The fraction of sp³-hybridized carbons (Fsp3) is 0.375. The molecule has 0 bridgehead atoms. The molecule has 1 aromatic heterocycles. The molecule has 1 atom stereocenters. The Balaban J connectivity index is 1.19. The van der Waals surface area contributed by atoms with Gasteiger partial charge >= 0.3 is 0 Å². The number of aromatic nitrogens is 1. The Bertz CT molecular complexity index is 1040. The number of nitrogens with zero attached hydrogens (tertiary/aromatic N) is 2. The van der Waals surface area contributed by atoms with Crippen LogP contribution in [0.15, 0.2) is 48.5 Å². The second kappa shape index (κ2) is 8.19. The summed E-state index contributed by atoms with van der Waals surface area (Å²) in [5.74, 6) is -0.170. The summed E-state index contributed by atoms with van der Waals surface area (Å²) in [5.41, 5.74) is 2.98. The smallest absolute Gasteiger partial charge is 0.229 e. The van der Waals surface area contributed by atoms with Crippen LogP contribution in [0.25, 0.3) is 10.2 Å². The minimum absolute atomic E-state index is 0.0530. The quantitative estimate of drug-likeness (QED) is 0.657. The maximum Gasteiger partial charge on any atom is 0.229 e. The lowest BCUT2D eigenvalue weighted by molar-refractivity contribution is -0.129. The normalized spacial score (nSPS) is 19.7. The molecule has 2 aliphatic rings. The van der Waals surface area contributed by atoms with Crippen molar-refractivity contribution in [3.05, 3.63) is 59.1 Å². The Labute approximate surface area is 180 Å². The molecule has 0 unspecified atom stereocenters. The molecule has 0 radical (unpaired) electrons. The molecule has 2 heterocycles. The number of para-hydroxylation sites is 1. The third-order valence-electron chi connectivity index (χ3n) is 6.21. The van der Waals surface area contributed by atoms with Gasteiger partial charge in [0.15, 0.2) is 0 Å². The number of thiazole rings is 1. The van der Waals surface area contributed by atoms with Gasteiger partial charge in [0.25, 0.3) is 0 Å². The minimum Gasteiger partial charge on any atom is -0.339 e. The van der Waals surface area contributed by atoms with E-state index in [1.54, 1.807) is 11.3 Å². The fourth-order valence-corrected chi connectivity index (χ4v) is 5.60. The molecule has 30 heavy (non-hydrogen) atoms. The van der Waals surface area contributed by atoms with E-state index in [2.05, 4.69) is 11.4 Å². The molecular weight excluding hydrogens is 394 g/mol. The van der Waals surface area contributed by atoms with Gasteiger partial charge in [0, 0.05) is 31.1 Å². The average Bonchev–Trinajstić information content (AvgIpc) is 3.48. The molecule has 2 aromatic carbocycles. The number of amides is 2. The SMILES string of the molecule is O=C(Nc1ccc(Cc2nc3ccccc3s2)cc1)[C@@H]1CC(=O)N(C2CCCC2)C1. The van der Waals surface area contributed by atoms with Gasteiger partial charge in [0.1, 0.15) is 0 Å². The van der Waals surface area contributed by atoms with Crippen LogP contribution in [0, 0.1) is 5.92 Å². The van der Waals surface area contributed by atoms with Crippen molar-refractivity contribution < 1.29 is 9.59 Å². The lowest BCUT2D eigenvalue weighted by atomic mass is 10.1. The van der Waals surface area contributed by atoms with Gasteiger partial charge in [-0.05, 0) is 42.7 Å². The zero-order valence-corrected chi connectivity index (χ0v) is 17.7. The number of likely N-dealkylation sites (tertiary alicyclic amines) is 1. The van der Waals surface area contributed by atoms with Crippen molar-refractivity contribution in [1.82, 2.24) is 9.88 Å². The van der Waals surface area contributed by atoms with E-state index in [0.717, 1.165) is 41.0 Å². The van der Waals surface area contributed by atoms with Crippen molar-refractivity contribution in [2.45, 2.75) is 44.6 Å². The van der Waals surface area contributed by atoms with Crippen molar-refractivity contribution in [3.63, 3.8) is 0 Å². The van der Waals surface area contributed by atoms with E-state index in [1.165, 1.54) is 17.5 Å². The Hall–Kier alpha value is -2.73.